The first kappa shape index (κ1) is 10.2. The summed E-state index contributed by atoms with van der Waals surface area (Å²) in [5.41, 5.74) is 1.47. The van der Waals surface area contributed by atoms with Gasteiger partial charge in [0.1, 0.15) is 0 Å². The van der Waals surface area contributed by atoms with Gasteiger partial charge in [0, 0.05) is 10.00 Å². The third kappa shape index (κ3) is 3.22. The minimum absolute atomic E-state index is 0.394. The highest BCUT2D eigenvalue weighted by Gasteiger charge is 2.23. The Morgan fingerprint density at radius 3 is 2.50 bits per heavy atom. The fourth-order valence-corrected chi connectivity index (χ4v) is 3.04. The highest BCUT2D eigenvalue weighted by Crippen LogP contribution is 2.38. The first-order valence-electron chi connectivity index (χ1n) is 4.84. The fraction of sp³-hybridized carbons (Fsp3) is 0.818. The van der Waals surface area contributed by atoms with Crippen molar-refractivity contribution in [2.24, 2.45) is 0 Å². The second kappa shape index (κ2) is 3.87. The van der Waals surface area contributed by atoms with E-state index in [4.69, 9.17) is 0 Å². The van der Waals surface area contributed by atoms with Crippen molar-refractivity contribution in [1.29, 1.82) is 0 Å². The Bertz CT molecular complexity index is 164. The van der Waals surface area contributed by atoms with Gasteiger partial charge in [0.2, 0.25) is 0 Å². The number of hydrogen-bond donors (Lipinski definition) is 0. The van der Waals surface area contributed by atoms with Crippen molar-refractivity contribution in [3.05, 3.63) is 12.2 Å². The fourth-order valence-electron chi connectivity index (χ4n) is 1.62. The Morgan fingerprint density at radius 2 is 2.00 bits per heavy atom. The van der Waals surface area contributed by atoms with E-state index in [2.05, 4.69) is 39.1 Å². The van der Waals surface area contributed by atoms with Gasteiger partial charge in [-0.2, -0.15) is 0 Å². The average Bonchev–Trinajstić information content (AvgIpc) is 1.91. The van der Waals surface area contributed by atoms with Crippen LogP contribution in [0.2, 0.25) is 0 Å². The molecule has 70 valence electrons. The van der Waals surface area contributed by atoms with Gasteiger partial charge in [0.25, 0.3) is 0 Å². The van der Waals surface area contributed by atoms with Crippen LogP contribution in [0.4, 0.5) is 0 Å². The molecule has 0 nitrogen and oxygen atoms in total. The Morgan fingerprint density at radius 1 is 1.33 bits per heavy atom. The largest absolute Gasteiger partial charge is 0.148 e. The summed E-state index contributed by atoms with van der Waals surface area (Å²) in [5.74, 6) is 0. The predicted molar refractivity (Wildman–Crippen MR) is 58.7 cm³/mol. The van der Waals surface area contributed by atoms with Crippen LogP contribution in [0.1, 0.15) is 46.5 Å². The molecule has 0 amide bonds. The topological polar surface area (TPSA) is 0 Å². The minimum atomic E-state index is 0.394. The van der Waals surface area contributed by atoms with Crippen LogP contribution in [0, 0.1) is 0 Å². The Kier molecular flexibility index (Phi) is 3.28. The molecule has 1 atom stereocenters. The summed E-state index contributed by atoms with van der Waals surface area (Å²) in [7, 11) is 0. The molecule has 1 unspecified atom stereocenters. The molecule has 0 N–H and O–H groups in total. The molecule has 0 aromatic carbocycles. The van der Waals surface area contributed by atoms with Crippen molar-refractivity contribution in [1.82, 2.24) is 0 Å². The lowest BCUT2D eigenvalue weighted by Crippen LogP contribution is -2.19. The van der Waals surface area contributed by atoms with Crippen LogP contribution >= 0.6 is 11.8 Å². The van der Waals surface area contributed by atoms with E-state index in [1.165, 1.54) is 31.3 Å². The van der Waals surface area contributed by atoms with Crippen molar-refractivity contribution >= 4 is 11.8 Å². The van der Waals surface area contributed by atoms with Crippen molar-refractivity contribution in [2.45, 2.75) is 56.5 Å². The van der Waals surface area contributed by atoms with E-state index in [-0.39, 0.29) is 0 Å². The van der Waals surface area contributed by atoms with E-state index >= 15 is 0 Å². The first-order chi connectivity index (χ1) is 5.49. The number of thioether (sulfide) groups is 1. The molecule has 1 fully saturated rings. The SMILES string of the molecule is C=C1CCCCC1SC(C)(C)C. The molecule has 0 aliphatic heterocycles. The maximum Gasteiger partial charge on any atom is 0.0259 e. The molecule has 1 aliphatic carbocycles. The van der Waals surface area contributed by atoms with Crippen LogP contribution in [0.25, 0.3) is 0 Å². The lowest BCUT2D eigenvalue weighted by atomic mass is 9.96. The third-order valence-corrected chi connectivity index (χ3v) is 3.73. The Balaban J connectivity index is 2.45. The maximum atomic E-state index is 4.16. The van der Waals surface area contributed by atoms with Crippen molar-refractivity contribution in [2.75, 3.05) is 0 Å². The van der Waals surface area contributed by atoms with Crippen molar-refractivity contribution in [3.8, 4) is 0 Å². The van der Waals surface area contributed by atoms with Crippen LogP contribution in [-0.2, 0) is 0 Å². The van der Waals surface area contributed by atoms with Gasteiger partial charge in [-0.3, -0.25) is 0 Å². The molecule has 0 heterocycles. The molecule has 0 aromatic heterocycles. The van der Waals surface area contributed by atoms with E-state index in [0.29, 0.717) is 4.75 Å². The van der Waals surface area contributed by atoms with Crippen LogP contribution in [0.3, 0.4) is 0 Å². The second-order valence-electron chi connectivity index (χ2n) is 4.62. The lowest BCUT2D eigenvalue weighted by Gasteiger charge is -2.30. The number of rotatable bonds is 1. The molecular weight excluding hydrogens is 164 g/mol. The highest BCUT2D eigenvalue weighted by molar-refractivity contribution is 8.01. The van der Waals surface area contributed by atoms with Gasteiger partial charge in [-0.05, 0) is 19.3 Å². The molecule has 0 spiro atoms. The summed E-state index contributed by atoms with van der Waals surface area (Å²) >= 11 is 2.09. The summed E-state index contributed by atoms with van der Waals surface area (Å²) in [6, 6.07) is 0. The van der Waals surface area contributed by atoms with Crippen LogP contribution in [-0.4, -0.2) is 10.00 Å². The summed E-state index contributed by atoms with van der Waals surface area (Å²) < 4.78 is 0.394. The van der Waals surface area contributed by atoms with E-state index in [1.54, 1.807) is 0 Å². The second-order valence-corrected chi connectivity index (χ2v) is 6.65. The molecule has 1 aliphatic rings. The predicted octanol–water partition coefficient (Wildman–Crippen LogP) is 4.02. The van der Waals surface area contributed by atoms with Gasteiger partial charge < -0.3 is 0 Å². The van der Waals surface area contributed by atoms with E-state index < -0.39 is 0 Å². The highest BCUT2D eigenvalue weighted by atomic mass is 32.2. The summed E-state index contributed by atoms with van der Waals surface area (Å²) in [5, 5.41) is 0.735. The summed E-state index contributed by atoms with van der Waals surface area (Å²) in [6.07, 6.45) is 5.36. The summed E-state index contributed by atoms with van der Waals surface area (Å²) in [6.45, 7) is 11.0. The van der Waals surface area contributed by atoms with Crippen LogP contribution in [0.5, 0.6) is 0 Å². The standard InChI is InChI=1S/C11H20S/c1-9-7-5-6-8-10(9)12-11(2,3)4/h10H,1,5-8H2,2-4H3. The normalized spacial score (nSPS) is 25.9. The van der Waals surface area contributed by atoms with E-state index in [9.17, 15) is 0 Å². The Hall–Kier alpha value is 0.0900. The van der Waals surface area contributed by atoms with Crippen molar-refractivity contribution in [3.63, 3.8) is 0 Å². The van der Waals surface area contributed by atoms with Gasteiger partial charge in [-0.1, -0.05) is 39.3 Å². The molecule has 1 saturated carbocycles. The minimum Gasteiger partial charge on any atom is -0.148 e. The smallest absolute Gasteiger partial charge is 0.0259 e. The molecule has 0 radical (unpaired) electrons. The van der Waals surface area contributed by atoms with E-state index in [1.807, 2.05) is 0 Å². The van der Waals surface area contributed by atoms with Crippen LogP contribution in [0.15, 0.2) is 12.2 Å². The molecule has 0 aromatic rings. The zero-order valence-electron chi connectivity index (χ0n) is 8.52. The maximum absolute atomic E-state index is 4.16. The molecule has 0 saturated heterocycles. The number of hydrogen-bond acceptors (Lipinski definition) is 1. The quantitative estimate of drug-likeness (QED) is 0.555. The molecule has 0 bridgehead atoms. The van der Waals surface area contributed by atoms with Gasteiger partial charge in [-0.15, -0.1) is 11.8 Å². The zero-order chi connectivity index (χ0) is 9.19. The van der Waals surface area contributed by atoms with Crippen LogP contribution < -0.4 is 0 Å². The molecule has 1 rings (SSSR count). The van der Waals surface area contributed by atoms with Crippen molar-refractivity contribution < 1.29 is 0 Å². The first-order valence-corrected chi connectivity index (χ1v) is 5.72. The zero-order valence-corrected chi connectivity index (χ0v) is 9.34. The van der Waals surface area contributed by atoms with Gasteiger partial charge in [-0.25, -0.2) is 0 Å². The summed E-state index contributed by atoms with van der Waals surface area (Å²) in [4.78, 5) is 0. The molecule has 1 heteroatoms. The Labute approximate surface area is 80.8 Å². The third-order valence-electron chi connectivity index (χ3n) is 2.17. The molecular formula is C11H20S. The average molecular weight is 184 g/mol. The van der Waals surface area contributed by atoms with Gasteiger partial charge >= 0.3 is 0 Å². The van der Waals surface area contributed by atoms with Gasteiger partial charge in [0.15, 0.2) is 0 Å². The molecule has 12 heavy (non-hydrogen) atoms. The van der Waals surface area contributed by atoms with E-state index in [0.717, 1.165) is 5.25 Å². The lowest BCUT2D eigenvalue weighted by molar-refractivity contribution is 0.606. The monoisotopic (exact) mass is 184 g/mol. The van der Waals surface area contributed by atoms with Gasteiger partial charge in [0.05, 0.1) is 0 Å².